The van der Waals surface area contributed by atoms with Crippen molar-refractivity contribution in [3.05, 3.63) is 83.8 Å². The van der Waals surface area contributed by atoms with Crippen molar-refractivity contribution in [1.82, 2.24) is 10.6 Å². The molecular weight excluding hydrogens is 436 g/mol. The highest BCUT2D eigenvalue weighted by atomic mass is 16.5. The topological polar surface area (TPSA) is 118 Å². The van der Waals surface area contributed by atoms with E-state index >= 15 is 0 Å². The van der Waals surface area contributed by atoms with Gasteiger partial charge in [0.15, 0.2) is 5.76 Å². The van der Waals surface area contributed by atoms with Crippen molar-refractivity contribution in [2.75, 3.05) is 13.2 Å². The Hall–Kier alpha value is -4.07. The highest BCUT2D eigenvalue weighted by Gasteiger charge is 2.29. The van der Waals surface area contributed by atoms with Crippen LogP contribution < -0.4 is 10.6 Å². The van der Waals surface area contributed by atoms with E-state index in [0.29, 0.717) is 19.4 Å². The van der Waals surface area contributed by atoms with Gasteiger partial charge >= 0.3 is 12.1 Å². The maximum absolute atomic E-state index is 12.4. The van der Waals surface area contributed by atoms with E-state index in [1.54, 1.807) is 12.1 Å². The summed E-state index contributed by atoms with van der Waals surface area (Å²) in [4.78, 5) is 35.8. The zero-order valence-corrected chi connectivity index (χ0v) is 18.5. The minimum absolute atomic E-state index is 0.0980. The molecule has 0 spiro atoms. The molecule has 2 aromatic carbocycles. The molecule has 176 valence electrons. The number of unbranched alkanes of at least 4 members (excludes halogenated alkanes) is 1. The van der Waals surface area contributed by atoms with E-state index in [2.05, 4.69) is 10.6 Å². The van der Waals surface area contributed by atoms with Gasteiger partial charge in [-0.25, -0.2) is 9.59 Å². The minimum atomic E-state index is -1.13. The molecule has 0 radical (unpaired) electrons. The van der Waals surface area contributed by atoms with Crippen LogP contribution in [0, 0.1) is 0 Å². The number of carbonyl (C=O) groups is 3. The normalized spacial score (nSPS) is 12.9. The lowest BCUT2D eigenvalue weighted by Gasteiger charge is -2.17. The van der Waals surface area contributed by atoms with Gasteiger partial charge in [0.1, 0.15) is 12.6 Å². The average molecular weight is 463 g/mol. The molecule has 34 heavy (non-hydrogen) atoms. The molecule has 8 heteroatoms. The Kier molecular flexibility index (Phi) is 7.27. The number of ether oxygens (including phenoxy) is 1. The van der Waals surface area contributed by atoms with Crippen molar-refractivity contribution in [2.45, 2.75) is 31.2 Å². The van der Waals surface area contributed by atoms with Crippen LogP contribution in [0.25, 0.3) is 11.1 Å². The highest BCUT2D eigenvalue weighted by Crippen LogP contribution is 2.44. The van der Waals surface area contributed by atoms with Gasteiger partial charge in [-0.15, -0.1) is 0 Å². The summed E-state index contributed by atoms with van der Waals surface area (Å²) in [6.45, 7) is 0.488. The molecule has 1 atom stereocenters. The number of hydrogen-bond donors (Lipinski definition) is 3. The average Bonchev–Trinajstić information content (AvgIpc) is 3.49. The predicted molar refractivity (Wildman–Crippen MR) is 125 cm³/mol. The maximum atomic E-state index is 12.4. The molecule has 1 aromatic heterocycles. The minimum Gasteiger partial charge on any atom is -0.480 e. The second-order valence-corrected chi connectivity index (χ2v) is 8.09. The van der Waals surface area contributed by atoms with Crippen molar-refractivity contribution >= 4 is 18.0 Å². The summed E-state index contributed by atoms with van der Waals surface area (Å²) in [5.41, 5.74) is 4.41. The van der Waals surface area contributed by atoms with Crippen LogP contribution in [0.2, 0.25) is 0 Å². The fourth-order valence-corrected chi connectivity index (χ4v) is 4.21. The first-order valence-corrected chi connectivity index (χ1v) is 11.2. The first-order valence-electron chi connectivity index (χ1n) is 11.2. The number of rotatable bonds is 10. The Balaban J connectivity index is 1.24. The third-order valence-electron chi connectivity index (χ3n) is 5.88. The van der Waals surface area contributed by atoms with Crippen LogP contribution in [0.15, 0.2) is 71.3 Å². The zero-order chi connectivity index (χ0) is 23.9. The summed E-state index contributed by atoms with van der Waals surface area (Å²) in [6.07, 6.45) is 1.93. The summed E-state index contributed by atoms with van der Waals surface area (Å²) >= 11 is 0. The lowest BCUT2D eigenvalue weighted by Crippen LogP contribution is -2.41. The second-order valence-electron chi connectivity index (χ2n) is 8.09. The number of carboxylic acids is 1. The number of benzene rings is 2. The molecule has 2 amide bonds. The van der Waals surface area contributed by atoms with E-state index in [4.69, 9.17) is 9.15 Å². The molecule has 0 fully saturated rings. The molecule has 0 saturated heterocycles. The lowest BCUT2D eigenvalue weighted by atomic mass is 9.98. The molecular formula is C26H26N2O6. The number of aliphatic carboxylic acids is 1. The molecule has 0 saturated carbocycles. The van der Waals surface area contributed by atoms with Crippen molar-refractivity contribution in [2.24, 2.45) is 0 Å². The number of hydrogen-bond acceptors (Lipinski definition) is 5. The summed E-state index contributed by atoms with van der Waals surface area (Å²) in [7, 11) is 0. The van der Waals surface area contributed by atoms with Gasteiger partial charge in [0, 0.05) is 12.5 Å². The molecule has 3 N–H and O–H groups in total. The molecule has 3 aromatic rings. The highest BCUT2D eigenvalue weighted by molar-refractivity contribution is 5.91. The zero-order valence-electron chi connectivity index (χ0n) is 18.5. The van der Waals surface area contributed by atoms with Crippen LogP contribution in [0.4, 0.5) is 4.79 Å². The van der Waals surface area contributed by atoms with E-state index in [-0.39, 0.29) is 30.6 Å². The molecule has 1 aliphatic carbocycles. The van der Waals surface area contributed by atoms with Crippen LogP contribution in [-0.4, -0.2) is 42.3 Å². The Labute approximate surface area is 196 Å². The standard InChI is InChI=1S/C26H26N2O6/c29-24(23-13-7-15-33-23)27-14-6-5-12-22(25(30)31)28-26(32)34-16-21-19-10-3-1-8-17(19)18-9-2-4-11-20(18)21/h1-4,7-11,13,15,21-22H,5-6,12,14,16H2,(H,27,29)(H,28,32)(H,30,31)/t22-/m0/s1. The van der Waals surface area contributed by atoms with Gasteiger partial charge in [-0.1, -0.05) is 48.5 Å². The number of carboxylic acid groups (broad SMARTS) is 1. The van der Waals surface area contributed by atoms with Gasteiger partial charge in [-0.05, 0) is 53.6 Å². The van der Waals surface area contributed by atoms with Gasteiger partial charge in [-0.2, -0.15) is 0 Å². The Morgan fingerprint density at radius 3 is 2.24 bits per heavy atom. The molecule has 8 nitrogen and oxygen atoms in total. The Bertz CT molecular complexity index is 1110. The largest absolute Gasteiger partial charge is 0.480 e. The van der Waals surface area contributed by atoms with Gasteiger partial charge in [0.25, 0.3) is 5.91 Å². The number of fused-ring (bicyclic) bond motifs is 3. The van der Waals surface area contributed by atoms with Crippen molar-refractivity contribution in [3.63, 3.8) is 0 Å². The van der Waals surface area contributed by atoms with Crippen molar-refractivity contribution < 1.29 is 28.6 Å². The number of amides is 2. The number of nitrogens with one attached hydrogen (secondary N) is 2. The molecule has 0 bridgehead atoms. The Morgan fingerprint density at radius 2 is 1.62 bits per heavy atom. The van der Waals surface area contributed by atoms with E-state index in [0.717, 1.165) is 22.3 Å². The molecule has 0 unspecified atom stereocenters. The van der Waals surface area contributed by atoms with E-state index in [9.17, 15) is 19.5 Å². The summed E-state index contributed by atoms with van der Waals surface area (Å²) < 4.78 is 10.5. The molecule has 0 aliphatic heterocycles. The van der Waals surface area contributed by atoms with Crippen LogP contribution >= 0.6 is 0 Å². The first kappa shape index (κ1) is 23.1. The number of carbonyl (C=O) groups excluding carboxylic acids is 2. The lowest BCUT2D eigenvalue weighted by molar-refractivity contribution is -0.139. The van der Waals surface area contributed by atoms with Crippen molar-refractivity contribution in [3.8, 4) is 11.1 Å². The van der Waals surface area contributed by atoms with E-state index in [1.165, 1.54) is 6.26 Å². The number of furan rings is 1. The van der Waals surface area contributed by atoms with Crippen LogP contribution in [-0.2, 0) is 9.53 Å². The smallest absolute Gasteiger partial charge is 0.407 e. The number of alkyl carbamates (subject to hydrolysis) is 1. The third kappa shape index (κ3) is 5.28. The first-order chi connectivity index (χ1) is 16.5. The molecule has 1 aliphatic rings. The predicted octanol–water partition coefficient (Wildman–Crippen LogP) is 4.17. The fourth-order valence-electron chi connectivity index (χ4n) is 4.21. The molecule has 4 rings (SSSR count). The second kappa shape index (κ2) is 10.7. The van der Waals surface area contributed by atoms with Gasteiger partial charge in [-0.3, -0.25) is 4.79 Å². The van der Waals surface area contributed by atoms with Gasteiger partial charge < -0.3 is 24.9 Å². The fraction of sp³-hybridized carbons (Fsp3) is 0.269. The monoisotopic (exact) mass is 462 g/mol. The van der Waals surface area contributed by atoms with Crippen LogP contribution in [0.5, 0.6) is 0 Å². The van der Waals surface area contributed by atoms with Crippen LogP contribution in [0.3, 0.4) is 0 Å². The van der Waals surface area contributed by atoms with Gasteiger partial charge in [0.05, 0.1) is 6.26 Å². The quantitative estimate of drug-likeness (QED) is 0.389. The summed E-state index contributed by atoms with van der Waals surface area (Å²) in [6, 6.07) is 18.1. The SMILES string of the molecule is O=C(N[C@@H](CCCCNC(=O)c1ccco1)C(=O)O)OCC1c2ccccc2-c2ccccc21. The maximum Gasteiger partial charge on any atom is 0.407 e. The summed E-state index contributed by atoms with van der Waals surface area (Å²) in [5.74, 6) is -1.33. The molecule has 1 heterocycles. The van der Waals surface area contributed by atoms with E-state index in [1.807, 2.05) is 48.5 Å². The Morgan fingerprint density at radius 1 is 0.941 bits per heavy atom. The summed E-state index contributed by atoms with van der Waals surface area (Å²) in [5, 5.41) is 14.6. The van der Waals surface area contributed by atoms with Crippen LogP contribution in [0.1, 0.15) is 46.9 Å². The van der Waals surface area contributed by atoms with Crippen molar-refractivity contribution in [1.29, 1.82) is 0 Å². The third-order valence-corrected chi connectivity index (χ3v) is 5.88. The van der Waals surface area contributed by atoms with Gasteiger partial charge in [0.2, 0.25) is 0 Å². The van der Waals surface area contributed by atoms with E-state index < -0.39 is 18.1 Å².